The number of fused-ring (bicyclic) bond motifs is 3. The maximum atomic E-state index is 14.0. The summed E-state index contributed by atoms with van der Waals surface area (Å²) in [6, 6.07) is 8.11. The lowest BCUT2D eigenvalue weighted by molar-refractivity contribution is -0.124. The third-order valence-corrected chi connectivity index (χ3v) is 9.14. The second-order valence-corrected chi connectivity index (χ2v) is 11.8. The monoisotopic (exact) mass is 504 g/mol. The molecule has 2 bridgehead atoms. The van der Waals surface area contributed by atoms with E-state index in [1.54, 1.807) is 25.1 Å². The minimum atomic E-state index is -0.0521. The fourth-order valence-electron chi connectivity index (χ4n) is 6.65. The number of aryl methyl sites for hydroxylation is 1. The van der Waals surface area contributed by atoms with E-state index in [0.717, 1.165) is 87.9 Å². The van der Waals surface area contributed by atoms with Crippen LogP contribution in [0.5, 0.6) is 0 Å². The minimum absolute atomic E-state index is 0.00487. The van der Waals surface area contributed by atoms with E-state index >= 15 is 0 Å². The Balaban J connectivity index is 1.39. The average Bonchev–Trinajstić information content (AvgIpc) is 3.38. The second kappa shape index (κ2) is 10.4. The number of amides is 2. The molecule has 0 radical (unpaired) electrons. The quantitative estimate of drug-likeness (QED) is 0.453. The summed E-state index contributed by atoms with van der Waals surface area (Å²) in [5.41, 5.74) is 2.00. The molecule has 4 aliphatic rings. The second-order valence-electron chi connectivity index (χ2n) is 11.8. The van der Waals surface area contributed by atoms with Gasteiger partial charge < -0.3 is 14.3 Å². The molecule has 198 valence electrons. The van der Waals surface area contributed by atoms with Crippen molar-refractivity contribution in [2.75, 3.05) is 25.5 Å². The van der Waals surface area contributed by atoms with Crippen LogP contribution in [-0.2, 0) is 15.0 Å². The molecule has 7 nitrogen and oxygen atoms in total. The predicted octanol–water partition coefficient (Wildman–Crippen LogP) is 5.68. The van der Waals surface area contributed by atoms with E-state index in [2.05, 4.69) is 27.2 Å². The Hall–Kier alpha value is -2.96. The molecular weight excluding hydrogens is 464 g/mol. The standard InChI is InChI=1S/C30H40N4O3/c1-22-31-28(37-32-22)30-17-14-29(15-18-30,16-19-30)21-34(27(36)24-9-5-4-6-10-24)25-11-7-8-23(20-25)12-13-26(35)33(2)3/h7-8,11-13,20,24H,4-6,9-10,14-19,21H2,1-3H3/b13-12+. The van der Waals surface area contributed by atoms with Crippen LogP contribution >= 0.6 is 0 Å². The normalized spacial score (nSPS) is 25.9. The summed E-state index contributed by atoms with van der Waals surface area (Å²) < 4.78 is 5.63. The largest absolute Gasteiger partial charge is 0.345 e. The minimum Gasteiger partial charge on any atom is -0.345 e. The number of aromatic nitrogens is 2. The Kier molecular flexibility index (Phi) is 7.24. The van der Waals surface area contributed by atoms with Crippen molar-refractivity contribution in [1.82, 2.24) is 15.0 Å². The number of likely N-dealkylation sites (N-methyl/N-ethyl adjacent to an activating group) is 1. The van der Waals surface area contributed by atoms with Crippen LogP contribution in [0, 0.1) is 18.3 Å². The molecule has 1 aromatic carbocycles. The van der Waals surface area contributed by atoms with Gasteiger partial charge in [0.25, 0.3) is 0 Å². The van der Waals surface area contributed by atoms with Gasteiger partial charge in [0.1, 0.15) is 0 Å². The summed E-state index contributed by atoms with van der Waals surface area (Å²) in [5.74, 6) is 1.84. The fourth-order valence-corrected chi connectivity index (χ4v) is 6.65. The van der Waals surface area contributed by atoms with Crippen LogP contribution in [0.25, 0.3) is 6.08 Å². The molecule has 1 aromatic heterocycles. The van der Waals surface area contributed by atoms with E-state index < -0.39 is 0 Å². The van der Waals surface area contributed by atoms with Gasteiger partial charge in [0, 0.05) is 43.7 Å². The molecule has 0 N–H and O–H groups in total. The third-order valence-electron chi connectivity index (χ3n) is 9.14. The van der Waals surface area contributed by atoms with Crippen LogP contribution in [0.15, 0.2) is 34.9 Å². The summed E-state index contributed by atoms with van der Waals surface area (Å²) in [7, 11) is 3.49. The molecule has 0 spiro atoms. The highest BCUT2D eigenvalue weighted by atomic mass is 16.5. The lowest BCUT2D eigenvalue weighted by Gasteiger charge is -2.53. The van der Waals surface area contributed by atoms with Crippen molar-refractivity contribution in [3.8, 4) is 0 Å². The number of carbonyl (C=O) groups excluding carboxylic acids is 2. The molecule has 0 unspecified atom stereocenters. The Morgan fingerprint density at radius 2 is 1.76 bits per heavy atom. The molecule has 1 heterocycles. The van der Waals surface area contributed by atoms with E-state index in [9.17, 15) is 9.59 Å². The van der Waals surface area contributed by atoms with Gasteiger partial charge in [-0.05, 0) is 87.5 Å². The third kappa shape index (κ3) is 5.36. The zero-order valence-corrected chi connectivity index (χ0v) is 22.5. The first-order chi connectivity index (χ1) is 17.8. The van der Waals surface area contributed by atoms with Gasteiger partial charge in [0.05, 0.1) is 0 Å². The molecule has 4 fully saturated rings. The maximum Gasteiger partial charge on any atom is 0.246 e. The van der Waals surface area contributed by atoms with Crippen LogP contribution in [0.3, 0.4) is 0 Å². The summed E-state index contributed by atoms with van der Waals surface area (Å²) in [6.45, 7) is 2.64. The van der Waals surface area contributed by atoms with Crippen molar-refractivity contribution >= 4 is 23.6 Å². The van der Waals surface area contributed by atoms with Gasteiger partial charge >= 0.3 is 0 Å². The smallest absolute Gasteiger partial charge is 0.246 e. The Labute approximate surface area is 220 Å². The van der Waals surface area contributed by atoms with Crippen LogP contribution in [0.4, 0.5) is 5.69 Å². The van der Waals surface area contributed by atoms with Crippen LogP contribution in [0.1, 0.15) is 87.9 Å². The molecule has 0 aliphatic heterocycles. The van der Waals surface area contributed by atoms with E-state index in [1.165, 1.54) is 6.42 Å². The zero-order valence-electron chi connectivity index (χ0n) is 22.5. The van der Waals surface area contributed by atoms with E-state index in [0.29, 0.717) is 5.82 Å². The molecule has 4 aliphatic carbocycles. The topological polar surface area (TPSA) is 79.5 Å². The highest BCUT2D eigenvalue weighted by molar-refractivity contribution is 5.96. The summed E-state index contributed by atoms with van der Waals surface area (Å²) >= 11 is 0. The lowest BCUT2D eigenvalue weighted by atomic mass is 9.53. The Bertz CT molecular complexity index is 1140. The van der Waals surface area contributed by atoms with Gasteiger partial charge in [-0.1, -0.05) is 36.6 Å². The number of hydrogen-bond acceptors (Lipinski definition) is 5. The highest BCUT2D eigenvalue weighted by Gasteiger charge is 2.53. The van der Waals surface area contributed by atoms with Crippen LogP contribution in [0.2, 0.25) is 0 Å². The van der Waals surface area contributed by atoms with E-state index in [-0.39, 0.29) is 28.6 Å². The first-order valence-electron chi connectivity index (χ1n) is 13.9. The van der Waals surface area contributed by atoms with Gasteiger partial charge in [0.2, 0.25) is 17.7 Å². The molecule has 0 atom stereocenters. The first-order valence-corrected chi connectivity index (χ1v) is 13.9. The highest BCUT2D eigenvalue weighted by Crippen LogP contribution is 2.58. The SMILES string of the molecule is Cc1noc(C23CCC(CN(C(=O)C4CCCCC4)c4cccc(/C=C/C(=O)N(C)C)c4)(CC2)CC3)n1. The number of carbonyl (C=O) groups is 2. The van der Waals surface area contributed by atoms with Crippen LogP contribution in [-0.4, -0.2) is 47.5 Å². The van der Waals surface area contributed by atoms with Crippen molar-refractivity contribution in [2.45, 2.75) is 83.0 Å². The van der Waals surface area contributed by atoms with Crippen LogP contribution < -0.4 is 4.90 Å². The zero-order chi connectivity index (χ0) is 26.0. The van der Waals surface area contributed by atoms with Gasteiger partial charge in [-0.3, -0.25) is 9.59 Å². The van der Waals surface area contributed by atoms with Crippen molar-refractivity contribution in [3.63, 3.8) is 0 Å². The Morgan fingerprint density at radius 1 is 1.05 bits per heavy atom. The fraction of sp³-hybridized carbons (Fsp3) is 0.600. The van der Waals surface area contributed by atoms with Crippen molar-refractivity contribution in [3.05, 3.63) is 47.6 Å². The molecule has 37 heavy (non-hydrogen) atoms. The molecule has 2 amide bonds. The van der Waals surface area contributed by atoms with Gasteiger partial charge in [-0.25, -0.2) is 0 Å². The molecular formula is C30H40N4O3. The van der Waals surface area contributed by atoms with Crippen molar-refractivity contribution in [2.24, 2.45) is 11.3 Å². The Morgan fingerprint density at radius 3 is 2.38 bits per heavy atom. The number of benzene rings is 1. The summed E-state index contributed by atoms with van der Waals surface area (Å²) in [4.78, 5) is 34.3. The predicted molar refractivity (Wildman–Crippen MR) is 144 cm³/mol. The lowest BCUT2D eigenvalue weighted by Crippen LogP contribution is -2.51. The van der Waals surface area contributed by atoms with Gasteiger partial charge in [-0.2, -0.15) is 4.98 Å². The summed E-state index contributed by atoms with van der Waals surface area (Å²) in [5, 5.41) is 4.06. The molecule has 6 rings (SSSR count). The average molecular weight is 505 g/mol. The number of hydrogen-bond donors (Lipinski definition) is 0. The molecule has 7 heteroatoms. The van der Waals surface area contributed by atoms with Crippen molar-refractivity contribution in [1.29, 1.82) is 0 Å². The summed E-state index contributed by atoms with van der Waals surface area (Å²) in [6.07, 6.45) is 15.2. The van der Waals surface area contributed by atoms with E-state index in [1.807, 2.05) is 25.1 Å². The van der Waals surface area contributed by atoms with Crippen molar-refractivity contribution < 1.29 is 14.1 Å². The molecule has 4 saturated carbocycles. The first kappa shape index (κ1) is 25.7. The van der Waals surface area contributed by atoms with E-state index in [4.69, 9.17) is 4.52 Å². The number of anilines is 1. The molecule has 2 aromatic rings. The number of rotatable bonds is 7. The molecule has 0 saturated heterocycles. The number of nitrogens with zero attached hydrogens (tertiary/aromatic N) is 4. The van der Waals surface area contributed by atoms with Gasteiger partial charge in [-0.15, -0.1) is 0 Å². The van der Waals surface area contributed by atoms with Gasteiger partial charge in [0.15, 0.2) is 5.82 Å². The maximum absolute atomic E-state index is 14.0.